The lowest BCUT2D eigenvalue weighted by Gasteiger charge is -2.10. The van der Waals surface area contributed by atoms with Gasteiger partial charge in [-0.05, 0) is 31.9 Å². The Morgan fingerprint density at radius 3 is 3.00 bits per heavy atom. The fraction of sp³-hybridized carbons (Fsp3) is 0.357. The molecule has 6 nitrogen and oxygen atoms in total. The Bertz CT molecular complexity index is 612. The fourth-order valence-electron chi connectivity index (χ4n) is 1.95. The molecular weight excluding hydrogens is 254 g/mol. The van der Waals surface area contributed by atoms with Crippen molar-refractivity contribution >= 4 is 11.8 Å². The first-order valence-electron chi connectivity index (χ1n) is 6.75. The Morgan fingerprint density at radius 1 is 1.40 bits per heavy atom. The van der Waals surface area contributed by atoms with Crippen molar-refractivity contribution in [3.8, 4) is 17.1 Å². The molecule has 1 saturated carbocycles. The normalized spacial score (nSPS) is 14.1. The minimum atomic E-state index is 0.247. The van der Waals surface area contributed by atoms with Crippen LogP contribution in [0.3, 0.4) is 0 Å². The molecule has 3 rings (SSSR count). The van der Waals surface area contributed by atoms with Gasteiger partial charge in [-0.2, -0.15) is 4.98 Å². The van der Waals surface area contributed by atoms with Crippen LogP contribution in [0.2, 0.25) is 0 Å². The average molecular weight is 271 g/mol. The Balaban J connectivity index is 1.98. The van der Waals surface area contributed by atoms with Gasteiger partial charge in [-0.25, -0.2) is 9.97 Å². The van der Waals surface area contributed by atoms with E-state index in [9.17, 15) is 0 Å². The number of aromatic nitrogens is 3. The van der Waals surface area contributed by atoms with Gasteiger partial charge in [0.15, 0.2) is 0 Å². The zero-order valence-electron chi connectivity index (χ0n) is 11.3. The van der Waals surface area contributed by atoms with Crippen LogP contribution in [0.15, 0.2) is 24.4 Å². The van der Waals surface area contributed by atoms with Gasteiger partial charge in [0.05, 0.1) is 17.9 Å². The van der Waals surface area contributed by atoms with E-state index in [2.05, 4.69) is 20.3 Å². The van der Waals surface area contributed by atoms with Crippen LogP contribution in [0, 0.1) is 0 Å². The molecular formula is C14H17N5O. The predicted molar refractivity (Wildman–Crippen MR) is 77.5 cm³/mol. The van der Waals surface area contributed by atoms with Crippen molar-refractivity contribution in [1.29, 1.82) is 0 Å². The molecule has 0 atom stereocenters. The minimum absolute atomic E-state index is 0.247. The lowest BCUT2D eigenvalue weighted by Crippen LogP contribution is -2.07. The topological polar surface area (TPSA) is 86.0 Å². The highest BCUT2D eigenvalue weighted by Gasteiger charge is 2.22. The fourth-order valence-corrected chi connectivity index (χ4v) is 1.95. The van der Waals surface area contributed by atoms with E-state index in [0.717, 1.165) is 17.1 Å². The van der Waals surface area contributed by atoms with E-state index >= 15 is 0 Å². The molecule has 6 heteroatoms. The third kappa shape index (κ3) is 2.79. The molecule has 0 saturated heterocycles. The molecule has 2 aromatic heterocycles. The van der Waals surface area contributed by atoms with Gasteiger partial charge in [0.1, 0.15) is 5.82 Å². The predicted octanol–water partition coefficient (Wildman–Crippen LogP) is 2.09. The number of nitrogen functional groups attached to an aromatic ring is 1. The van der Waals surface area contributed by atoms with Crippen LogP contribution in [0.5, 0.6) is 5.88 Å². The van der Waals surface area contributed by atoms with E-state index < -0.39 is 0 Å². The summed E-state index contributed by atoms with van der Waals surface area (Å²) in [6.07, 6.45) is 4.05. The monoisotopic (exact) mass is 271 g/mol. The van der Waals surface area contributed by atoms with Crippen molar-refractivity contribution in [2.75, 3.05) is 17.7 Å². The molecule has 2 heterocycles. The van der Waals surface area contributed by atoms with Gasteiger partial charge in [0.2, 0.25) is 11.8 Å². The molecule has 20 heavy (non-hydrogen) atoms. The average Bonchev–Trinajstić information content (AvgIpc) is 3.23. The summed E-state index contributed by atoms with van der Waals surface area (Å²) in [5.41, 5.74) is 7.33. The lowest BCUT2D eigenvalue weighted by molar-refractivity contribution is 0.328. The van der Waals surface area contributed by atoms with Gasteiger partial charge >= 0.3 is 0 Å². The van der Waals surface area contributed by atoms with E-state index in [4.69, 9.17) is 10.5 Å². The van der Waals surface area contributed by atoms with Crippen LogP contribution in [-0.4, -0.2) is 27.6 Å². The van der Waals surface area contributed by atoms with Crippen molar-refractivity contribution in [2.24, 2.45) is 0 Å². The summed E-state index contributed by atoms with van der Waals surface area (Å²) in [5, 5.41) is 3.33. The maximum atomic E-state index is 5.79. The van der Waals surface area contributed by atoms with Crippen molar-refractivity contribution in [1.82, 2.24) is 15.0 Å². The van der Waals surface area contributed by atoms with Crippen LogP contribution in [-0.2, 0) is 0 Å². The molecule has 1 fully saturated rings. The summed E-state index contributed by atoms with van der Waals surface area (Å²) < 4.78 is 5.53. The number of nitrogens with one attached hydrogen (secondary N) is 1. The number of ether oxygens (including phenoxy) is 1. The number of nitrogens with two attached hydrogens (primary N) is 1. The number of rotatable bonds is 5. The summed E-state index contributed by atoms with van der Waals surface area (Å²) >= 11 is 0. The molecule has 0 unspecified atom stereocenters. The second kappa shape index (κ2) is 5.32. The molecule has 3 N–H and O–H groups in total. The number of hydrogen-bond donors (Lipinski definition) is 2. The highest BCUT2D eigenvalue weighted by molar-refractivity contribution is 5.68. The van der Waals surface area contributed by atoms with E-state index in [-0.39, 0.29) is 5.95 Å². The first-order chi connectivity index (χ1) is 9.76. The number of hydrogen-bond acceptors (Lipinski definition) is 6. The van der Waals surface area contributed by atoms with Gasteiger partial charge in [0, 0.05) is 18.3 Å². The van der Waals surface area contributed by atoms with Crippen molar-refractivity contribution in [2.45, 2.75) is 25.8 Å². The van der Waals surface area contributed by atoms with Crippen LogP contribution in [0.4, 0.5) is 11.8 Å². The lowest BCUT2D eigenvalue weighted by atomic mass is 10.2. The van der Waals surface area contributed by atoms with Crippen LogP contribution < -0.4 is 15.8 Å². The van der Waals surface area contributed by atoms with Crippen molar-refractivity contribution in [3.05, 3.63) is 24.4 Å². The highest BCUT2D eigenvalue weighted by atomic mass is 16.5. The quantitative estimate of drug-likeness (QED) is 0.866. The third-order valence-corrected chi connectivity index (χ3v) is 3.00. The van der Waals surface area contributed by atoms with E-state index in [1.54, 1.807) is 6.20 Å². The van der Waals surface area contributed by atoms with Crippen LogP contribution >= 0.6 is 0 Å². The molecule has 0 radical (unpaired) electrons. The summed E-state index contributed by atoms with van der Waals surface area (Å²) in [6, 6.07) is 6.16. The highest BCUT2D eigenvalue weighted by Crippen LogP contribution is 2.30. The van der Waals surface area contributed by atoms with E-state index in [0.29, 0.717) is 18.5 Å². The molecule has 104 valence electrons. The van der Waals surface area contributed by atoms with Crippen LogP contribution in [0.1, 0.15) is 19.8 Å². The first-order valence-corrected chi connectivity index (χ1v) is 6.75. The second-order valence-electron chi connectivity index (χ2n) is 4.70. The first kappa shape index (κ1) is 12.7. The Hall–Kier alpha value is -2.37. The van der Waals surface area contributed by atoms with Crippen molar-refractivity contribution in [3.63, 3.8) is 0 Å². The van der Waals surface area contributed by atoms with E-state index in [1.807, 2.05) is 25.1 Å². The van der Waals surface area contributed by atoms with E-state index in [1.165, 1.54) is 12.8 Å². The second-order valence-corrected chi connectivity index (χ2v) is 4.70. The zero-order valence-corrected chi connectivity index (χ0v) is 11.3. The van der Waals surface area contributed by atoms with Crippen molar-refractivity contribution < 1.29 is 4.74 Å². The molecule has 0 aromatic carbocycles. The Labute approximate surface area is 117 Å². The van der Waals surface area contributed by atoms with Gasteiger partial charge in [0.25, 0.3) is 0 Å². The smallest absolute Gasteiger partial charge is 0.222 e. The zero-order chi connectivity index (χ0) is 13.9. The standard InChI is InChI=1S/C14H17N5O/c1-2-20-13-10(4-3-7-16-13)11-8-12(17-9-5-6-9)19-14(15)18-11/h3-4,7-9H,2,5-6H2,1H3,(H3,15,17,18,19). The molecule has 0 aliphatic heterocycles. The molecule has 1 aliphatic carbocycles. The molecule has 0 bridgehead atoms. The van der Waals surface area contributed by atoms with Gasteiger partial charge in [-0.1, -0.05) is 0 Å². The summed E-state index contributed by atoms with van der Waals surface area (Å²) in [7, 11) is 0. The van der Waals surface area contributed by atoms with Gasteiger partial charge in [-0.3, -0.25) is 0 Å². The number of nitrogens with zero attached hydrogens (tertiary/aromatic N) is 3. The molecule has 0 amide bonds. The maximum absolute atomic E-state index is 5.79. The maximum Gasteiger partial charge on any atom is 0.222 e. The molecule has 1 aliphatic rings. The molecule has 2 aromatic rings. The number of pyridine rings is 1. The van der Waals surface area contributed by atoms with Gasteiger partial charge in [-0.15, -0.1) is 0 Å². The largest absolute Gasteiger partial charge is 0.477 e. The summed E-state index contributed by atoms with van der Waals surface area (Å²) in [6.45, 7) is 2.48. The SMILES string of the molecule is CCOc1ncccc1-c1cc(NC2CC2)nc(N)n1. The third-order valence-electron chi connectivity index (χ3n) is 3.00. The number of anilines is 2. The molecule has 0 spiro atoms. The minimum Gasteiger partial charge on any atom is -0.477 e. The Kier molecular flexibility index (Phi) is 3.37. The Morgan fingerprint density at radius 2 is 2.25 bits per heavy atom. The van der Waals surface area contributed by atoms with Crippen LogP contribution in [0.25, 0.3) is 11.3 Å². The van der Waals surface area contributed by atoms with Gasteiger partial charge < -0.3 is 15.8 Å². The summed E-state index contributed by atoms with van der Waals surface area (Å²) in [5.74, 6) is 1.56. The summed E-state index contributed by atoms with van der Waals surface area (Å²) in [4.78, 5) is 12.7.